The average Bonchev–Trinajstić information content (AvgIpc) is 3.11. The predicted octanol–water partition coefficient (Wildman–Crippen LogP) is 13.5. The fraction of sp³-hybridized carbons (Fsp3) is 0.191. The number of rotatable bonds is 8. The molecule has 0 aliphatic rings. The van der Waals surface area contributed by atoms with Gasteiger partial charge in [-0.1, -0.05) is 154 Å². The molecule has 0 radical (unpaired) electrons. The Hall–Kier alpha value is -5.14. The minimum atomic E-state index is 0.0581. The van der Waals surface area contributed by atoms with E-state index in [1.807, 2.05) is 0 Å². The maximum Gasteiger partial charge on any atom is 0.0618 e. The number of hydrogen-bond acceptors (Lipinski definition) is 1. The number of nitrogens with zero attached hydrogens (tertiary/aromatic N) is 1. The van der Waals surface area contributed by atoms with E-state index in [4.69, 9.17) is 0 Å². The van der Waals surface area contributed by atoms with Crippen molar-refractivity contribution in [1.29, 1.82) is 0 Å². The van der Waals surface area contributed by atoms with Crippen molar-refractivity contribution in [1.82, 2.24) is 0 Å². The Morgan fingerprint density at radius 2 is 0.854 bits per heavy atom. The second kappa shape index (κ2) is 13.2. The average molecular weight is 624 g/mol. The Bertz CT molecular complexity index is 2010. The fourth-order valence-electron chi connectivity index (χ4n) is 7.15. The first kappa shape index (κ1) is 31.5. The molecule has 1 atom stereocenters. The van der Waals surface area contributed by atoms with Gasteiger partial charge in [0.1, 0.15) is 0 Å². The molecular formula is C47H45N. The van der Waals surface area contributed by atoms with E-state index in [1.54, 1.807) is 0 Å². The van der Waals surface area contributed by atoms with Gasteiger partial charge in [-0.15, -0.1) is 0 Å². The first-order valence-corrected chi connectivity index (χ1v) is 17.4. The highest BCUT2D eigenvalue weighted by Gasteiger charge is 2.27. The summed E-state index contributed by atoms with van der Waals surface area (Å²) in [5.41, 5.74) is 12.7. The Morgan fingerprint density at radius 1 is 0.396 bits per heavy atom. The van der Waals surface area contributed by atoms with Crippen molar-refractivity contribution in [2.24, 2.45) is 0 Å². The summed E-state index contributed by atoms with van der Waals surface area (Å²) in [6.45, 7) is 13.5. The lowest BCUT2D eigenvalue weighted by Crippen LogP contribution is -2.13. The van der Waals surface area contributed by atoms with E-state index in [0.717, 1.165) is 11.4 Å². The van der Waals surface area contributed by atoms with Crippen molar-refractivity contribution < 1.29 is 0 Å². The molecule has 0 N–H and O–H groups in total. The summed E-state index contributed by atoms with van der Waals surface area (Å²) in [5, 5.41) is 5.15. The van der Waals surface area contributed by atoms with Gasteiger partial charge in [-0.3, -0.25) is 0 Å². The fourth-order valence-corrected chi connectivity index (χ4v) is 7.15. The highest BCUT2D eigenvalue weighted by Crippen LogP contribution is 2.50. The number of aryl methyl sites for hydroxylation is 2. The molecule has 0 aliphatic carbocycles. The molecule has 0 fully saturated rings. The molecular weight excluding hydrogens is 579 g/mol. The Kier molecular flexibility index (Phi) is 8.63. The van der Waals surface area contributed by atoms with E-state index in [1.165, 1.54) is 66.2 Å². The van der Waals surface area contributed by atoms with Crippen molar-refractivity contribution in [3.05, 3.63) is 185 Å². The number of para-hydroxylation sites is 1. The van der Waals surface area contributed by atoms with Gasteiger partial charge in [0.2, 0.25) is 0 Å². The highest BCUT2D eigenvalue weighted by molar-refractivity contribution is 6.17. The third-order valence-corrected chi connectivity index (χ3v) is 9.87. The second-order valence-electron chi connectivity index (χ2n) is 13.9. The van der Waals surface area contributed by atoms with Gasteiger partial charge in [0.25, 0.3) is 0 Å². The van der Waals surface area contributed by atoms with Gasteiger partial charge < -0.3 is 4.90 Å². The van der Waals surface area contributed by atoms with E-state index in [9.17, 15) is 0 Å². The van der Waals surface area contributed by atoms with E-state index in [2.05, 4.69) is 192 Å². The largest absolute Gasteiger partial charge is 0.309 e. The van der Waals surface area contributed by atoms with Gasteiger partial charge in [0, 0.05) is 28.1 Å². The maximum absolute atomic E-state index is 2.48. The first-order chi connectivity index (χ1) is 23.3. The van der Waals surface area contributed by atoms with Crippen LogP contribution in [0.25, 0.3) is 21.5 Å². The zero-order chi connectivity index (χ0) is 33.4. The van der Waals surface area contributed by atoms with Gasteiger partial charge in [0.15, 0.2) is 0 Å². The first-order valence-electron chi connectivity index (χ1n) is 17.4. The molecule has 1 heteroatoms. The van der Waals surface area contributed by atoms with E-state index < -0.39 is 0 Å². The normalized spacial score (nSPS) is 12.2. The molecule has 1 nitrogen and oxygen atoms in total. The summed E-state index contributed by atoms with van der Waals surface area (Å²) >= 11 is 0. The molecule has 1 unspecified atom stereocenters. The summed E-state index contributed by atoms with van der Waals surface area (Å²) in [6, 6.07) is 54.6. The van der Waals surface area contributed by atoms with Crippen molar-refractivity contribution in [2.75, 3.05) is 4.90 Å². The molecule has 0 saturated carbocycles. The van der Waals surface area contributed by atoms with Gasteiger partial charge in [-0.05, 0) is 94.6 Å². The van der Waals surface area contributed by atoms with Gasteiger partial charge in [-0.2, -0.15) is 0 Å². The lowest BCUT2D eigenvalue weighted by Gasteiger charge is -2.32. The van der Waals surface area contributed by atoms with Gasteiger partial charge >= 0.3 is 0 Å². The number of benzene rings is 7. The van der Waals surface area contributed by atoms with Crippen LogP contribution in [0, 0.1) is 13.8 Å². The summed E-state index contributed by atoms with van der Waals surface area (Å²) in [5.74, 6) is 0.862. The van der Waals surface area contributed by atoms with Crippen LogP contribution in [-0.4, -0.2) is 0 Å². The smallest absolute Gasteiger partial charge is 0.0618 e. The SMILES string of the molecule is Cc1ccc(C(c2ccccc2)c2c3cc(C(C)C)ccc3c(N(c3ccccc3)c3ccc(C)cc3)c3cc(C(C)C)ccc23)cc1. The zero-order valence-corrected chi connectivity index (χ0v) is 29.0. The topological polar surface area (TPSA) is 3.24 Å². The van der Waals surface area contributed by atoms with E-state index in [-0.39, 0.29) is 5.92 Å². The highest BCUT2D eigenvalue weighted by atomic mass is 15.1. The van der Waals surface area contributed by atoms with E-state index in [0.29, 0.717) is 11.8 Å². The van der Waals surface area contributed by atoms with Crippen LogP contribution in [0.2, 0.25) is 0 Å². The minimum absolute atomic E-state index is 0.0581. The predicted molar refractivity (Wildman–Crippen MR) is 208 cm³/mol. The van der Waals surface area contributed by atoms with Crippen molar-refractivity contribution >= 4 is 38.6 Å². The monoisotopic (exact) mass is 623 g/mol. The number of anilines is 3. The molecule has 0 bridgehead atoms. The van der Waals surface area contributed by atoms with Crippen LogP contribution < -0.4 is 4.90 Å². The standard InChI is InChI=1S/C47H45N/c1-31(2)37-24-28-42-43(29-37)46(45(35-13-9-7-10-14-35)36-21-17-33(5)18-22-36)41-27-23-38(32(3)4)30-44(41)47(42)48(39-15-11-8-12-16-39)40-25-19-34(6)20-26-40/h7-32,45H,1-6H3. The molecule has 238 valence electrons. The molecule has 0 amide bonds. The Balaban J connectivity index is 1.69. The molecule has 0 spiro atoms. The zero-order valence-electron chi connectivity index (χ0n) is 29.0. The van der Waals surface area contributed by atoms with Crippen LogP contribution in [0.3, 0.4) is 0 Å². The third-order valence-electron chi connectivity index (χ3n) is 9.87. The minimum Gasteiger partial charge on any atom is -0.309 e. The van der Waals surface area contributed by atoms with Crippen molar-refractivity contribution in [3.63, 3.8) is 0 Å². The summed E-state index contributed by atoms with van der Waals surface area (Å²) in [4.78, 5) is 2.48. The third kappa shape index (κ3) is 5.90. The van der Waals surface area contributed by atoms with Crippen LogP contribution in [0.1, 0.15) is 84.4 Å². The lowest BCUT2D eigenvalue weighted by molar-refractivity contribution is 0.867. The molecule has 0 aromatic heterocycles. The molecule has 7 rings (SSSR count). The van der Waals surface area contributed by atoms with Crippen molar-refractivity contribution in [2.45, 2.75) is 59.3 Å². The maximum atomic E-state index is 2.48. The Labute approximate surface area is 286 Å². The quantitative estimate of drug-likeness (QED) is 0.120. The van der Waals surface area contributed by atoms with Gasteiger partial charge in [-0.25, -0.2) is 0 Å². The molecule has 7 aromatic carbocycles. The van der Waals surface area contributed by atoms with Gasteiger partial charge in [0.05, 0.1) is 5.69 Å². The van der Waals surface area contributed by atoms with E-state index >= 15 is 0 Å². The van der Waals surface area contributed by atoms with Crippen LogP contribution in [-0.2, 0) is 0 Å². The molecule has 7 aromatic rings. The van der Waals surface area contributed by atoms with Crippen LogP contribution in [0.5, 0.6) is 0 Å². The molecule has 0 aliphatic heterocycles. The summed E-state index contributed by atoms with van der Waals surface area (Å²) < 4.78 is 0. The summed E-state index contributed by atoms with van der Waals surface area (Å²) in [7, 11) is 0. The van der Waals surface area contributed by atoms with Crippen LogP contribution >= 0.6 is 0 Å². The molecule has 0 heterocycles. The molecule has 48 heavy (non-hydrogen) atoms. The molecule has 0 saturated heterocycles. The number of hydrogen-bond donors (Lipinski definition) is 0. The van der Waals surface area contributed by atoms with Crippen molar-refractivity contribution in [3.8, 4) is 0 Å². The van der Waals surface area contributed by atoms with Crippen LogP contribution in [0.4, 0.5) is 17.1 Å². The summed E-state index contributed by atoms with van der Waals surface area (Å²) in [6.07, 6.45) is 0. The van der Waals surface area contributed by atoms with Crippen LogP contribution in [0.15, 0.2) is 146 Å². The lowest BCUT2D eigenvalue weighted by atomic mass is 9.78. The second-order valence-corrected chi connectivity index (χ2v) is 13.9. The Morgan fingerprint density at radius 3 is 1.44 bits per heavy atom. The number of fused-ring (bicyclic) bond motifs is 2.